The summed E-state index contributed by atoms with van der Waals surface area (Å²) in [6.07, 6.45) is 1.36. The maximum Gasteiger partial charge on any atom is 0.214 e. The fraction of sp³-hybridized carbons (Fsp3) is 0.524. The van der Waals surface area contributed by atoms with Gasteiger partial charge in [-0.05, 0) is 38.0 Å². The lowest BCUT2D eigenvalue weighted by Crippen LogP contribution is -2.49. The zero-order chi connectivity index (χ0) is 21.0. The fourth-order valence-electron chi connectivity index (χ4n) is 3.70. The Morgan fingerprint density at radius 2 is 1.69 bits per heavy atom. The summed E-state index contributed by atoms with van der Waals surface area (Å²) in [5.74, 6) is 2.69. The van der Waals surface area contributed by atoms with Gasteiger partial charge in [0.1, 0.15) is 17.4 Å². The second-order valence-corrected chi connectivity index (χ2v) is 9.47. The Hall–Kier alpha value is -2.19. The van der Waals surface area contributed by atoms with E-state index in [-0.39, 0.29) is 5.75 Å². The molecule has 1 aliphatic heterocycles. The van der Waals surface area contributed by atoms with E-state index >= 15 is 0 Å². The van der Waals surface area contributed by atoms with E-state index in [1.54, 1.807) is 11.4 Å². The average molecular weight is 419 g/mol. The summed E-state index contributed by atoms with van der Waals surface area (Å²) < 4.78 is 31.6. The predicted octanol–water partition coefficient (Wildman–Crippen LogP) is 2.55. The molecule has 8 heteroatoms. The molecule has 0 unspecified atom stereocenters. The highest BCUT2D eigenvalue weighted by molar-refractivity contribution is 7.89. The number of benzene rings is 1. The maximum absolute atomic E-state index is 12.4. The molecule has 0 saturated carbocycles. The largest absolute Gasteiger partial charge is 0.497 e. The van der Waals surface area contributed by atoms with Crippen LogP contribution < -0.4 is 9.64 Å². The minimum absolute atomic E-state index is 0.210. The molecule has 2 heterocycles. The van der Waals surface area contributed by atoms with Crippen molar-refractivity contribution in [2.75, 3.05) is 43.9 Å². The van der Waals surface area contributed by atoms with Gasteiger partial charge in [0.15, 0.2) is 0 Å². The number of anilines is 1. The smallest absolute Gasteiger partial charge is 0.214 e. The van der Waals surface area contributed by atoms with Crippen LogP contribution in [0.5, 0.6) is 5.75 Å². The summed E-state index contributed by atoms with van der Waals surface area (Å²) in [6.45, 7) is 8.06. The molecule has 0 amide bonds. The van der Waals surface area contributed by atoms with Crippen LogP contribution in [-0.4, -0.2) is 61.7 Å². The molecule has 0 bridgehead atoms. The van der Waals surface area contributed by atoms with E-state index in [0.717, 1.165) is 40.6 Å². The van der Waals surface area contributed by atoms with Crippen molar-refractivity contribution in [1.82, 2.24) is 14.3 Å². The highest BCUT2D eigenvalue weighted by Gasteiger charge is 2.28. The summed E-state index contributed by atoms with van der Waals surface area (Å²) in [5.41, 5.74) is 3.21. The number of hydrogen-bond acceptors (Lipinski definition) is 6. The van der Waals surface area contributed by atoms with Crippen molar-refractivity contribution in [2.45, 2.75) is 33.6 Å². The lowest BCUT2D eigenvalue weighted by molar-refractivity contribution is 0.383. The molecule has 3 rings (SSSR count). The third kappa shape index (κ3) is 5.05. The van der Waals surface area contributed by atoms with Crippen LogP contribution in [0.2, 0.25) is 0 Å². The molecular formula is C21H30N4O3S. The van der Waals surface area contributed by atoms with E-state index in [9.17, 15) is 8.42 Å². The summed E-state index contributed by atoms with van der Waals surface area (Å²) >= 11 is 0. The van der Waals surface area contributed by atoms with E-state index < -0.39 is 10.0 Å². The van der Waals surface area contributed by atoms with Gasteiger partial charge in [-0.15, -0.1) is 0 Å². The molecule has 1 fully saturated rings. The van der Waals surface area contributed by atoms with E-state index in [1.807, 2.05) is 32.9 Å². The van der Waals surface area contributed by atoms with Crippen LogP contribution >= 0.6 is 0 Å². The molecular weight excluding hydrogens is 388 g/mol. The van der Waals surface area contributed by atoms with Gasteiger partial charge in [-0.3, -0.25) is 0 Å². The third-order valence-electron chi connectivity index (χ3n) is 5.24. The number of hydrogen-bond donors (Lipinski definition) is 0. The normalized spacial score (nSPS) is 15.5. The highest BCUT2D eigenvalue weighted by Crippen LogP contribution is 2.26. The lowest BCUT2D eigenvalue weighted by atomic mass is 10.0. The topological polar surface area (TPSA) is 75.6 Å². The Balaban J connectivity index is 1.82. The first-order valence-electron chi connectivity index (χ1n) is 10.0. The summed E-state index contributed by atoms with van der Waals surface area (Å²) in [5, 5.41) is 0. The highest BCUT2D eigenvalue weighted by atomic mass is 32.2. The first-order valence-corrected chi connectivity index (χ1v) is 11.6. The molecule has 1 aromatic carbocycles. The van der Waals surface area contributed by atoms with Crippen molar-refractivity contribution in [3.63, 3.8) is 0 Å². The second kappa shape index (κ2) is 9.09. The van der Waals surface area contributed by atoms with Gasteiger partial charge in [0.05, 0.1) is 12.9 Å². The van der Waals surface area contributed by atoms with Gasteiger partial charge < -0.3 is 9.64 Å². The molecule has 7 nitrogen and oxygen atoms in total. The lowest BCUT2D eigenvalue weighted by Gasteiger charge is -2.35. The van der Waals surface area contributed by atoms with Crippen LogP contribution in [0.1, 0.15) is 36.0 Å². The number of methoxy groups -OCH3 is 1. The number of sulfonamides is 1. The predicted molar refractivity (Wildman–Crippen MR) is 115 cm³/mol. The van der Waals surface area contributed by atoms with Crippen LogP contribution in [0.25, 0.3) is 0 Å². The molecule has 0 aliphatic carbocycles. The summed E-state index contributed by atoms with van der Waals surface area (Å²) in [7, 11) is -1.50. The first kappa shape index (κ1) is 21.5. The molecule has 1 aromatic heterocycles. The van der Waals surface area contributed by atoms with Gasteiger partial charge in [-0.25, -0.2) is 18.4 Å². The van der Waals surface area contributed by atoms with Crippen molar-refractivity contribution in [1.29, 1.82) is 0 Å². The van der Waals surface area contributed by atoms with Crippen LogP contribution in [-0.2, 0) is 16.4 Å². The minimum atomic E-state index is -3.16. The van der Waals surface area contributed by atoms with Crippen molar-refractivity contribution in [2.24, 2.45) is 0 Å². The number of aryl methyl sites for hydroxylation is 2. The Labute approximate surface area is 173 Å². The van der Waals surface area contributed by atoms with Crippen molar-refractivity contribution in [3.05, 3.63) is 46.9 Å². The van der Waals surface area contributed by atoms with E-state index in [1.165, 1.54) is 0 Å². The van der Waals surface area contributed by atoms with E-state index in [4.69, 9.17) is 9.72 Å². The molecule has 1 aliphatic rings. The summed E-state index contributed by atoms with van der Waals surface area (Å²) in [6, 6.07) is 8.02. The standard InChI is InChI=1S/C21H30N4O3S/c1-5-14-29(26,27)25-12-10-24(11-13-25)21-20(16(2)22-17(3)23-21)15-18-6-8-19(28-4)9-7-18/h6-9H,5,10-15H2,1-4H3. The van der Waals surface area contributed by atoms with Crippen molar-refractivity contribution < 1.29 is 13.2 Å². The van der Waals surface area contributed by atoms with Crippen molar-refractivity contribution >= 4 is 15.8 Å². The van der Waals surface area contributed by atoms with Crippen LogP contribution in [0, 0.1) is 13.8 Å². The van der Waals surface area contributed by atoms with Gasteiger partial charge in [0.25, 0.3) is 0 Å². The number of ether oxygens (including phenoxy) is 1. The minimum Gasteiger partial charge on any atom is -0.497 e. The monoisotopic (exact) mass is 418 g/mol. The quantitative estimate of drug-likeness (QED) is 0.688. The average Bonchev–Trinajstić information content (AvgIpc) is 2.70. The SMILES string of the molecule is CCCS(=O)(=O)N1CCN(c2nc(C)nc(C)c2Cc2ccc(OC)cc2)CC1. The molecule has 158 valence electrons. The van der Waals surface area contributed by atoms with Gasteiger partial charge in [0, 0.05) is 43.9 Å². The zero-order valence-electron chi connectivity index (χ0n) is 17.7. The van der Waals surface area contributed by atoms with Crippen LogP contribution in [0.15, 0.2) is 24.3 Å². The Kier molecular flexibility index (Phi) is 6.74. The number of nitrogens with zero attached hydrogens (tertiary/aromatic N) is 4. The number of aromatic nitrogens is 2. The Bertz CT molecular complexity index is 937. The van der Waals surface area contributed by atoms with Gasteiger partial charge in [-0.2, -0.15) is 4.31 Å². The van der Waals surface area contributed by atoms with Gasteiger partial charge >= 0.3 is 0 Å². The van der Waals surface area contributed by atoms with Gasteiger partial charge in [-0.1, -0.05) is 19.1 Å². The van der Waals surface area contributed by atoms with Gasteiger partial charge in [0.2, 0.25) is 10.0 Å². The Morgan fingerprint density at radius 3 is 2.28 bits per heavy atom. The van der Waals surface area contributed by atoms with E-state index in [0.29, 0.717) is 32.6 Å². The molecule has 1 saturated heterocycles. The van der Waals surface area contributed by atoms with Crippen LogP contribution in [0.4, 0.5) is 5.82 Å². The second-order valence-electron chi connectivity index (χ2n) is 7.39. The molecule has 0 spiro atoms. The fourth-order valence-corrected chi connectivity index (χ4v) is 5.19. The van der Waals surface area contributed by atoms with Crippen molar-refractivity contribution in [3.8, 4) is 5.75 Å². The molecule has 0 N–H and O–H groups in total. The first-order chi connectivity index (χ1) is 13.8. The maximum atomic E-state index is 12.4. The molecule has 0 atom stereocenters. The molecule has 2 aromatic rings. The Morgan fingerprint density at radius 1 is 1.03 bits per heavy atom. The number of piperazine rings is 1. The third-order valence-corrected chi connectivity index (χ3v) is 7.31. The van der Waals surface area contributed by atoms with Crippen LogP contribution in [0.3, 0.4) is 0 Å². The molecule has 29 heavy (non-hydrogen) atoms. The molecule has 0 radical (unpaired) electrons. The zero-order valence-corrected chi connectivity index (χ0v) is 18.5. The van der Waals surface area contributed by atoms with E-state index in [2.05, 4.69) is 22.0 Å². The summed E-state index contributed by atoms with van der Waals surface area (Å²) in [4.78, 5) is 11.5. The number of rotatable bonds is 7.